The minimum atomic E-state index is -1.23. The van der Waals surface area contributed by atoms with Gasteiger partial charge in [-0.25, -0.2) is 4.79 Å². The van der Waals surface area contributed by atoms with Gasteiger partial charge in [0.1, 0.15) is 5.75 Å². The summed E-state index contributed by atoms with van der Waals surface area (Å²) < 4.78 is 10.1. The second-order valence-corrected chi connectivity index (χ2v) is 3.80. The van der Waals surface area contributed by atoms with Crippen molar-refractivity contribution in [2.45, 2.75) is 0 Å². The molecule has 2 aromatic rings. The number of ether oxygens (including phenoxy) is 1. The molecule has 0 atom stereocenters. The van der Waals surface area contributed by atoms with Crippen molar-refractivity contribution >= 4 is 23.3 Å². The van der Waals surface area contributed by atoms with Gasteiger partial charge in [0.2, 0.25) is 5.76 Å². The van der Waals surface area contributed by atoms with Crippen LogP contribution in [-0.2, 0) is 0 Å². The Balaban J connectivity index is 2.23. The number of aromatic carboxylic acids is 1. The van der Waals surface area contributed by atoms with Gasteiger partial charge in [-0.05, 0) is 12.1 Å². The summed E-state index contributed by atoms with van der Waals surface area (Å²) in [6, 6.07) is 6.15. The van der Waals surface area contributed by atoms with Crippen LogP contribution in [0.15, 0.2) is 34.7 Å². The molecular formula is C11H6ClNO6. The predicted octanol–water partition coefficient (Wildman–Crippen LogP) is 3.33. The predicted molar refractivity (Wildman–Crippen MR) is 63.8 cm³/mol. The van der Waals surface area contributed by atoms with Crippen molar-refractivity contribution in [1.82, 2.24) is 0 Å². The topological polar surface area (TPSA) is 103 Å². The van der Waals surface area contributed by atoms with E-state index in [1.54, 1.807) is 0 Å². The average Bonchev–Trinajstić information content (AvgIpc) is 2.80. The molecule has 19 heavy (non-hydrogen) atoms. The number of hydrogen-bond acceptors (Lipinski definition) is 5. The van der Waals surface area contributed by atoms with Crippen LogP contribution in [0.1, 0.15) is 10.6 Å². The molecule has 0 fully saturated rings. The zero-order valence-electron chi connectivity index (χ0n) is 9.20. The number of nitro groups is 1. The lowest BCUT2D eigenvalue weighted by molar-refractivity contribution is -0.384. The second-order valence-electron chi connectivity index (χ2n) is 3.40. The summed E-state index contributed by atoms with van der Waals surface area (Å²) in [6.45, 7) is 0. The maximum absolute atomic E-state index is 10.6. The number of rotatable bonds is 4. The van der Waals surface area contributed by atoms with Crippen LogP contribution in [0.2, 0.25) is 5.02 Å². The molecule has 2 rings (SSSR count). The van der Waals surface area contributed by atoms with E-state index in [4.69, 9.17) is 25.9 Å². The minimum Gasteiger partial charge on any atom is -0.475 e. The number of nitro benzene ring substituents is 1. The van der Waals surface area contributed by atoms with Gasteiger partial charge in [0.15, 0.2) is 0 Å². The van der Waals surface area contributed by atoms with Gasteiger partial charge in [-0.15, -0.1) is 0 Å². The molecule has 1 N–H and O–H groups in total. The standard InChI is InChI=1S/C11H6ClNO6/c12-7-5-6(13(16)17)1-2-8(7)18-10-4-3-9(19-10)11(14)15/h1-5H,(H,14,15). The Kier molecular flexibility index (Phi) is 3.39. The number of carboxylic acids is 1. The van der Waals surface area contributed by atoms with E-state index in [0.717, 1.165) is 6.07 Å². The third kappa shape index (κ3) is 2.83. The molecule has 0 saturated carbocycles. The molecule has 0 spiro atoms. The highest BCUT2D eigenvalue weighted by molar-refractivity contribution is 6.32. The van der Waals surface area contributed by atoms with Gasteiger partial charge in [-0.1, -0.05) is 11.6 Å². The SMILES string of the molecule is O=C(O)c1ccc(Oc2ccc([N+](=O)[O-])cc2Cl)o1. The molecule has 0 unspecified atom stereocenters. The Labute approximate surface area is 111 Å². The summed E-state index contributed by atoms with van der Waals surface area (Å²) in [5.41, 5.74) is -0.178. The van der Waals surface area contributed by atoms with Crippen molar-refractivity contribution in [3.63, 3.8) is 0 Å². The molecule has 98 valence electrons. The lowest BCUT2D eigenvalue weighted by Crippen LogP contribution is -1.92. The Morgan fingerprint density at radius 1 is 1.37 bits per heavy atom. The molecule has 0 aliphatic heterocycles. The van der Waals surface area contributed by atoms with Gasteiger partial charge in [-0.3, -0.25) is 10.1 Å². The van der Waals surface area contributed by atoms with Crippen molar-refractivity contribution in [3.05, 3.63) is 51.2 Å². The molecule has 0 bridgehead atoms. The van der Waals surface area contributed by atoms with E-state index in [0.29, 0.717) is 0 Å². The number of furan rings is 1. The van der Waals surface area contributed by atoms with E-state index in [1.165, 1.54) is 24.3 Å². The first kappa shape index (κ1) is 12.9. The van der Waals surface area contributed by atoms with Gasteiger partial charge < -0.3 is 14.3 Å². The number of halogens is 1. The van der Waals surface area contributed by atoms with Crippen LogP contribution >= 0.6 is 11.6 Å². The van der Waals surface area contributed by atoms with Crippen LogP contribution in [-0.4, -0.2) is 16.0 Å². The number of carbonyl (C=O) groups is 1. The van der Waals surface area contributed by atoms with Crippen LogP contribution < -0.4 is 4.74 Å². The monoisotopic (exact) mass is 283 g/mol. The fourth-order valence-corrected chi connectivity index (χ4v) is 1.50. The highest BCUT2D eigenvalue weighted by atomic mass is 35.5. The maximum atomic E-state index is 10.6. The maximum Gasteiger partial charge on any atom is 0.371 e. The summed E-state index contributed by atoms with van der Waals surface area (Å²) in [7, 11) is 0. The first-order valence-corrected chi connectivity index (χ1v) is 5.30. The van der Waals surface area contributed by atoms with Crippen molar-refractivity contribution in [2.75, 3.05) is 0 Å². The number of non-ortho nitro benzene ring substituents is 1. The van der Waals surface area contributed by atoms with E-state index < -0.39 is 10.9 Å². The van der Waals surface area contributed by atoms with E-state index in [1.807, 2.05) is 0 Å². The van der Waals surface area contributed by atoms with E-state index >= 15 is 0 Å². The molecule has 8 heteroatoms. The summed E-state index contributed by atoms with van der Waals surface area (Å²) >= 11 is 5.81. The Hall–Kier alpha value is -2.54. The third-order valence-corrected chi connectivity index (χ3v) is 2.42. The lowest BCUT2D eigenvalue weighted by Gasteiger charge is -2.03. The quantitative estimate of drug-likeness (QED) is 0.682. The van der Waals surface area contributed by atoms with E-state index in [2.05, 4.69) is 0 Å². The number of nitrogens with zero attached hydrogens (tertiary/aromatic N) is 1. The molecular weight excluding hydrogens is 278 g/mol. The van der Waals surface area contributed by atoms with Crippen LogP contribution in [0, 0.1) is 10.1 Å². The summed E-state index contributed by atoms with van der Waals surface area (Å²) in [5, 5.41) is 19.2. The van der Waals surface area contributed by atoms with Gasteiger partial charge in [0, 0.05) is 18.2 Å². The highest BCUT2D eigenvalue weighted by Gasteiger charge is 2.14. The largest absolute Gasteiger partial charge is 0.475 e. The van der Waals surface area contributed by atoms with Crippen molar-refractivity contribution in [3.8, 4) is 11.7 Å². The molecule has 0 aliphatic carbocycles. The van der Waals surface area contributed by atoms with Crippen LogP contribution in [0.25, 0.3) is 0 Å². The first-order valence-electron chi connectivity index (χ1n) is 4.92. The zero-order valence-corrected chi connectivity index (χ0v) is 9.96. The summed E-state index contributed by atoms with van der Waals surface area (Å²) in [5.74, 6) is -1.47. The number of benzene rings is 1. The Bertz CT molecular complexity index is 650. The smallest absolute Gasteiger partial charge is 0.371 e. The number of carboxylic acid groups (broad SMARTS) is 1. The number of hydrogen-bond donors (Lipinski definition) is 1. The molecule has 0 aliphatic rings. The molecule has 0 amide bonds. The van der Waals surface area contributed by atoms with Crippen LogP contribution in [0.4, 0.5) is 5.69 Å². The van der Waals surface area contributed by atoms with Gasteiger partial charge >= 0.3 is 5.97 Å². The lowest BCUT2D eigenvalue weighted by atomic mass is 10.3. The first-order chi connectivity index (χ1) is 8.97. The van der Waals surface area contributed by atoms with Crippen LogP contribution in [0.5, 0.6) is 11.7 Å². The normalized spacial score (nSPS) is 10.2. The third-order valence-electron chi connectivity index (χ3n) is 2.13. The summed E-state index contributed by atoms with van der Waals surface area (Å²) in [4.78, 5) is 20.5. The Morgan fingerprint density at radius 3 is 2.63 bits per heavy atom. The Morgan fingerprint density at radius 2 is 2.11 bits per heavy atom. The van der Waals surface area contributed by atoms with Gasteiger partial charge in [-0.2, -0.15) is 0 Å². The van der Waals surface area contributed by atoms with Crippen molar-refractivity contribution in [2.24, 2.45) is 0 Å². The molecule has 7 nitrogen and oxygen atoms in total. The second kappa shape index (κ2) is 4.99. The van der Waals surface area contributed by atoms with Crippen molar-refractivity contribution in [1.29, 1.82) is 0 Å². The summed E-state index contributed by atoms with van der Waals surface area (Å²) in [6.07, 6.45) is 0. The van der Waals surface area contributed by atoms with E-state index in [-0.39, 0.29) is 28.2 Å². The van der Waals surface area contributed by atoms with E-state index in [9.17, 15) is 14.9 Å². The minimum absolute atomic E-state index is 0.0162. The molecule has 1 aromatic heterocycles. The molecule has 1 aromatic carbocycles. The molecule has 0 radical (unpaired) electrons. The molecule has 1 heterocycles. The average molecular weight is 284 g/mol. The van der Waals surface area contributed by atoms with Gasteiger partial charge in [0.25, 0.3) is 11.6 Å². The van der Waals surface area contributed by atoms with Crippen molar-refractivity contribution < 1.29 is 24.0 Å². The zero-order chi connectivity index (χ0) is 14.0. The van der Waals surface area contributed by atoms with Crippen LogP contribution in [0.3, 0.4) is 0 Å². The van der Waals surface area contributed by atoms with Gasteiger partial charge in [0.05, 0.1) is 9.95 Å². The fraction of sp³-hybridized carbons (Fsp3) is 0. The molecule has 0 saturated heterocycles. The highest BCUT2D eigenvalue weighted by Crippen LogP contribution is 2.32. The fourth-order valence-electron chi connectivity index (χ4n) is 1.28.